The van der Waals surface area contributed by atoms with Gasteiger partial charge in [-0.05, 0) is 7.60 Å². The Morgan fingerprint density at radius 3 is 2.17 bits per heavy atom. The third-order valence-electron chi connectivity index (χ3n) is 2.44. The van der Waals surface area contributed by atoms with E-state index in [9.17, 15) is 18.9 Å². The van der Waals surface area contributed by atoms with Crippen molar-refractivity contribution in [1.29, 1.82) is 0 Å². The van der Waals surface area contributed by atoms with Gasteiger partial charge in [0.1, 0.15) is 0 Å². The molecule has 1 atom stereocenters. The van der Waals surface area contributed by atoms with Crippen LogP contribution in [0, 0.1) is 0 Å². The molecule has 3 N–H and O–H groups in total. The summed E-state index contributed by atoms with van der Waals surface area (Å²) in [5.41, 5.74) is -1.28. The van der Waals surface area contributed by atoms with E-state index in [0.29, 0.717) is 5.69 Å². The van der Waals surface area contributed by atoms with Crippen LogP contribution in [0.3, 0.4) is 0 Å². The van der Waals surface area contributed by atoms with Crippen LogP contribution in [0.25, 0.3) is 11.3 Å². The van der Waals surface area contributed by atoms with E-state index in [1.807, 2.05) is 11.4 Å². The average molecular weight is 394 g/mol. The largest absolute Gasteiger partial charge is 1.00 e. The Morgan fingerprint density at radius 2 is 1.70 bits per heavy atom. The maximum atomic E-state index is 11.1. The van der Waals surface area contributed by atoms with Crippen LogP contribution in [-0.2, 0) is 9.13 Å². The second-order valence-electron chi connectivity index (χ2n) is 4.05. The molecule has 0 aliphatic carbocycles. The van der Waals surface area contributed by atoms with Gasteiger partial charge in [-0.2, -0.15) is 0 Å². The van der Waals surface area contributed by atoms with Gasteiger partial charge in [0.15, 0.2) is 10.7 Å². The summed E-state index contributed by atoms with van der Waals surface area (Å²) >= 11 is 0.940. The monoisotopic (exact) mass is 394 g/mol. The zero-order valence-corrected chi connectivity index (χ0v) is 18.9. The summed E-state index contributed by atoms with van der Waals surface area (Å²) in [4.78, 5) is 43.8. The fourth-order valence-electron chi connectivity index (χ4n) is 1.54. The standard InChI is InChI=1S/C10H12N2O6P2S.2Na/c13-19(14,15)10(20(16,17)18)12-9-11-8(6-21-9)7-4-2-1-3-5-7;;/h1-6,10H,(H,11,12)(H2,13,14,15)(H2,16,17,18);;/q;2*+1/p-2. The quantitative estimate of drug-likeness (QED) is 0.337. The van der Waals surface area contributed by atoms with Gasteiger partial charge in [0, 0.05) is 10.9 Å². The first kappa shape index (κ1) is 23.9. The first-order valence-electron chi connectivity index (χ1n) is 5.52. The molecular formula is C10H10N2Na2O6P2S. The Hall–Kier alpha value is 0.950. The third kappa shape index (κ3) is 6.99. The number of hydrogen-bond acceptors (Lipinski definition) is 7. The third-order valence-corrected chi connectivity index (χ3v) is 6.46. The number of thiazole rings is 1. The van der Waals surface area contributed by atoms with Crippen LogP contribution < -0.4 is 74.2 Å². The Labute approximate surface area is 180 Å². The summed E-state index contributed by atoms with van der Waals surface area (Å²) in [6.07, 6.45) is 0. The van der Waals surface area contributed by atoms with Crippen LogP contribution in [0.15, 0.2) is 35.7 Å². The Kier molecular flexibility index (Phi) is 9.99. The van der Waals surface area contributed by atoms with E-state index in [1.54, 1.807) is 29.6 Å². The molecule has 1 aromatic heterocycles. The van der Waals surface area contributed by atoms with Crippen LogP contribution in [0.2, 0.25) is 0 Å². The zero-order valence-electron chi connectivity index (χ0n) is 12.3. The van der Waals surface area contributed by atoms with E-state index < -0.39 is 20.7 Å². The molecule has 1 unspecified atom stereocenters. The van der Waals surface area contributed by atoms with Crippen molar-refractivity contribution in [2.45, 2.75) is 5.52 Å². The maximum Gasteiger partial charge on any atom is 1.00 e. The van der Waals surface area contributed by atoms with Crippen molar-refractivity contribution in [2.75, 3.05) is 5.32 Å². The number of nitrogens with one attached hydrogen (secondary N) is 1. The van der Waals surface area contributed by atoms with Crippen LogP contribution >= 0.6 is 26.5 Å². The number of anilines is 1. The zero-order chi connectivity index (χ0) is 15.7. The van der Waals surface area contributed by atoms with Gasteiger partial charge in [-0.25, -0.2) is 4.98 Å². The van der Waals surface area contributed by atoms with E-state index in [1.165, 1.54) is 0 Å². The minimum Gasteiger partial charge on any atom is -0.809 e. The van der Waals surface area contributed by atoms with Gasteiger partial charge in [-0.3, -0.25) is 4.57 Å². The number of nitrogens with zero attached hydrogens (tertiary/aromatic N) is 1. The minimum atomic E-state index is -5.53. The number of aromatic nitrogens is 1. The molecule has 0 saturated heterocycles. The predicted molar refractivity (Wildman–Crippen MR) is 74.6 cm³/mol. The van der Waals surface area contributed by atoms with Crippen molar-refractivity contribution >= 4 is 31.7 Å². The summed E-state index contributed by atoms with van der Waals surface area (Å²) in [6.45, 7) is 0. The average Bonchev–Trinajstić information content (AvgIpc) is 2.83. The summed E-state index contributed by atoms with van der Waals surface area (Å²) in [5.74, 6) is 0. The molecule has 0 spiro atoms. The van der Waals surface area contributed by atoms with Gasteiger partial charge < -0.3 is 29.5 Å². The van der Waals surface area contributed by atoms with Crippen molar-refractivity contribution in [2.24, 2.45) is 0 Å². The molecule has 13 heteroatoms. The number of benzene rings is 1. The topological polar surface area (TPSA) is 146 Å². The van der Waals surface area contributed by atoms with Crippen LogP contribution in [0.1, 0.15) is 0 Å². The van der Waals surface area contributed by atoms with Gasteiger partial charge >= 0.3 is 66.7 Å². The maximum absolute atomic E-state index is 11.1. The molecule has 0 bridgehead atoms. The molecule has 0 fully saturated rings. The Bertz CT molecular complexity index is 697. The van der Waals surface area contributed by atoms with Crippen LogP contribution in [0.5, 0.6) is 0 Å². The van der Waals surface area contributed by atoms with Crippen molar-refractivity contribution in [3.05, 3.63) is 35.7 Å². The van der Waals surface area contributed by atoms with Gasteiger partial charge in [-0.15, -0.1) is 11.3 Å². The van der Waals surface area contributed by atoms with E-state index in [0.717, 1.165) is 16.9 Å². The van der Waals surface area contributed by atoms with E-state index in [2.05, 4.69) is 4.98 Å². The van der Waals surface area contributed by atoms with E-state index in [-0.39, 0.29) is 64.2 Å². The molecule has 1 aromatic carbocycles. The Morgan fingerprint density at radius 1 is 1.13 bits per heavy atom. The number of hydrogen-bond donors (Lipinski definition) is 3. The van der Waals surface area contributed by atoms with E-state index in [4.69, 9.17) is 9.79 Å². The molecule has 0 aliphatic heterocycles. The van der Waals surface area contributed by atoms with Crippen molar-refractivity contribution < 1.29 is 87.8 Å². The number of rotatable bonds is 5. The molecule has 0 aliphatic rings. The first-order valence-corrected chi connectivity index (χ1v) is 9.69. The van der Waals surface area contributed by atoms with Crippen molar-refractivity contribution in [3.8, 4) is 11.3 Å². The molecule has 0 amide bonds. The van der Waals surface area contributed by atoms with Gasteiger partial charge in [0.25, 0.3) is 0 Å². The molecule has 2 aromatic rings. The molecule has 0 radical (unpaired) electrons. The molecule has 0 saturated carbocycles. The van der Waals surface area contributed by atoms with Crippen LogP contribution in [-0.4, -0.2) is 20.3 Å². The Balaban J connectivity index is 0.00000242. The molecular weight excluding hydrogens is 384 g/mol. The van der Waals surface area contributed by atoms with Gasteiger partial charge in [-0.1, -0.05) is 30.3 Å². The minimum absolute atomic E-state index is 0. The van der Waals surface area contributed by atoms with Gasteiger partial charge in [0.05, 0.1) is 5.69 Å². The second kappa shape index (κ2) is 9.59. The van der Waals surface area contributed by atoms with Crippen molar-refractivity contribution in [3.63, 3.8) is 0 Å². The van der Waals surface area contributed by atoms with E-state index >= 15 is 0 Å². The molecule has 2 rings (SSSR count). The fourth-order valence-corrected chi connectivity index (χ4v) is 4.51. The predicted octanol–water partition coefficient (Wildman–Crippen LogP) is -5.39. The van der Waals surface area contributed by atoms with Crippen LogP contribution in [0.4, 0.5) is 5.13 Å². The normalized spacial score (nSPS) is 12.7. The van der Waals surface area contributed by atoms with Gasteiger partial charge in [0.2, 0.25) is 0 Å². The summed E-state index contributed by atoms with van der Waals surface area (Å²) in [7, 11) is -10.7. The van der Waals surface area contributed by atoms with Crippen molar-refractivity contribution in [1.82, 2.24) is 4.98 Å². The smallest absolute Gasteiger partial charge is 0.809 e. The summed E-state index contributed by atoms with van der Waals surface area (Å²) < 4.78 is 22.0. The SMILES string of the molecule is O=P([O-])([O-])C(Nc1nc(-c2ccccc2)cs1)P(=O)(O)O.[Na+].[Na+]. The molecule has 23 heavy (non-hydrogen) atoms. The molecule has 114 valence electrons. The summed E-state index contributed by atoms with van der Waals surface area (Å²) in [5, 5.41) is 3.52. The second-order valence-corrected chi connectivity index (χ2v) is 8.61. The first-order chi connectivity index (χ1) is 9.68. The molecule has 1 heterocycles. The summed E-state index contributed by atoms with van der Waals surface area (Å²) in [6, 6.07) is 8.91. The molecule has 8 nitrogen and oxygen atoms in total. The fraction of sp³-hybridized carbons (Fsp3) is 0.100.